The second kappa shape index (κ2) is 11.9. The minimum Gasteiger partial charge on any atom is -0.396 e. The first-order valence-corrected chi connectivity index (χ1v) is 12.2. The zero-order valence-electron chi connectivity index (χ0n) is 19.9. The number of nitrogens with zero attached hydrogens (tertiary/aromatic N) is 3. The molecule has 10 heteroatoms. The average molecular weight is 508 g/mol. The number of nitrogens with two attached hydrogens (primary N) is 2. The number of fused-ring (bicyclic) bond motifs is 1. The van der Waals surface area contributed by atoms with Crippen LogP contribution in [-0.4, -0.2) is 45.3 Å². The molecule has 0 atom stereocenters. The number of aromatic nitrogens is 3. The second-order valence-corrected chi connectivity index (χ2v) is 8.93. The molecule has 36 heavy (non-hydrogen) atoms. The molecule has 0 bridgehead atoms. The van der Waals surface area contributed by atoms with Crippen LogP contribution in [0, 0.1) is 0 Å². The van der Waals surface area contributed by atoms with Gasteiger partial charge in [0.25, 0.3) is 0 Å². The van der Waals surface area contributed by atoms with E-state index in [1.807, 2.05) is 48.5 Å². The SMILES string of the molecule is NC(N)=NCCCNCc1ccc(-n2cc3cc(-c4cc(CCCO)ccc4Cl)[nH]c3nc2=O)cc1. The first kappa shape index (κ1) is 25.4. The van der Waals surface area contributed by atoms with Gasteiger partial charge in [-0.15, -0.1) is 0 Å². The van der Waals surface area contributed by atoms with Crippen molar-refractivity contribution in [3.8, 4) is 16.9 Å². The molecule has 0 aliphatic rings. The maximum Gasteiger partial charge on any atom is 0.354 e. The molecule has 0 unspecified atom stereocenters. The molecule has 188 valence electrons. The van der Waals surface area contributed by atoms with Crippen LogP contribution in [0.3, 0.4) is 0 Å². The molecule has 9 nitrogen and oxygen atoms in total. The van der Waals surface area contributed by atoms with Gasteiger partial charge in [0.15, 0.2) is 5.96 Å². The smallest absolute Gasteiger partial charge is 0.354 e. The number of hydrogen-bond donors (Lipinski definition) is 5. The summed E-state index contributed by atoms with van der Waals surface area (Å²) >= 11 is 6.46. The zero-order valence-corrected chi connectivity index (χ0v) is 20.6. The molecule has 2 aromatic carbocycles. The highest BCUT2D eigenvalue weighted by atomic mass is 35.5. The zero-order chi connectivity index (χ0) is 25.5. The minimum absolute atomic E-state index is 0.108. The molecule has 2 heterocycles. The van der Waals surface area contributed by atoms with E-state index >= 15 is 0 Å². The highest BCUT2D eigenvalue weighted by molar-refractivity contribution is 6.33. The van der Waals surface area contributed by atoms with Crippen molar-refractivity contribution in [2.45, 2.75) is 25.8 Å². The van der Waals surface area contributed by atoms with Crippen molar-refractivity contribution in [2.24, 2.45) is 16.5 Å². The Morgan fingerprint density at radius 1 is 1.11 bits per heavy atom. The molecule has 0 saturated carbocycles. The van der Waals surface area contributed by atoms with E-state index in [-0.39, 0.29) is 18.3 Å². The third-order valence-corrected chi connectivity index (χ3v) is 6.13. The number of aliphatic imine (C=N–C) groups is 1. The third-order valence-electron chi connectivity index (χ3n) is 5.80. The summed E-state index contributed by atoms with van der Waals surface area (Å²) in [5.74, 6) is 0.108. The van der Waals surface area contributed by atoms with Crippen LogP contribution >= 0.6 is 11.6 Å². The largest absolute Gasteiger partial charge is 0.396 e. The van der Waals surface area contributed by atoms with Crippen molar-refractivity contribution in [1.82, 2.24) is 19.9 Å². The molecular formula is C26H30ClN7O2. The van der Waals surface area contributed by atoms with Crippen LogP contribution in [0.5, 0.6) is 0 Å². The molecule has 0 aliphatic carbocycles. The van der Waals surface area contributed by atoms with Crippen LogP contribution in [0.25, 0.3) is 28.0 Å². The Hall–Kier alpha value is -3.66. The Morgan fingerprint density at radius 2 is 1.89 bits per heavy atom. The monoisotopic (exact) mass is 507 g/mol. The molecular weight excluding hydrogens is 478 g/mol. The molecule has 0 fully saturated rings. The van der Waals surface area contributed by atoms with Gasteiger partial charge in [-0.3, -0.25) is 9.56 Å². The maximum atomic E-state index is 12.8. The number of hydrogen-bond acceptors (Lipinski definition) is 5. The summed E-state index contributed by atoms with van der Waals surface area (Å²) in [5, 5.41) is 13.9. The molecule has 0 saturated heterocycles. The lowest BCUT2D eigenvalue weighted by molar-refractivity contribution is 0.288. The standard InChI is InChI=1S/C26H30ClN7O2/c27-22-9-6-17(3-1-12-35)13-21(22)23-14-19-16-34(26(36)33-24(19)32-23)20-7-4-18(5-8-20)15-30-10-2-11-31-25(28)29/h4-9,13-14,16,30,35H,1-3,10-12,15H2,(H4,28,29,31)(H,32,33,36). The topological polar surface area (TPSA) is 147 Å². The fraction of sp³-hybridized carbons (Fsp3) is 0.269. The van der Waals surface area contributed by atoms with Crippen LogP contribution < -0.4 is 22.5 Å². The van der Waals surface area contributed by atoms with E-state index in [4.69, 9.17) is 28.2 Å². The number of H-pyrrole nitrogens is 1. The number of aryl methyl sites for hydroxylation is 1. The number of rotatable bonds is 11. The number of benzene rings is 2. The lowest BCUT2D eigenvalue weighted by Crippen LogP contribution is -2.23. The van der Waals surface area contributed by atoms with Crippen LogP contribution in [0.4, 0.5) is 0 Å². The van der Waals surface area contributed by atoms with Gasteiger partial charge in [-0.25, -0.2) is 4.79 Å². The van der Waals surface area contributed by atoms with E-state index in [1.54, 1.807) is 6.20 Å². The van der Waals surface area contributed by atoms with Crippen molar-refractivity contribution < 1.29 is 5.11 Å². The summed E-state index contributed by atoms with van der Waals surface area (Å²) in [5.41, 5.74) is 15.3. The van der Waals surface area contributed by atoms with Crippen molar-refractivity contribution >= 4 is 28.6 Å². The van der Waals surface area contributed by atoms with Gasteiger partial charge < -0.3 is 26.9 Å². The van der Waals surface area contributed by atoms with Gasteiger partial charge in [0.05, 0.1) is 5.69 Å². The third kappa shape index (κ3) is 6.31. The van der Waals surface area contributed by atoms with Crippen molar-refractivity contribution in [1.29, 1.82) is 0 Å². The predicted octanol–water partition coefficient (Wildman–Crippen LogP) is 2.71. The predicted molar refractivity (Wildman–Crippen MR) is 145 cm³/mol. The van der Waals surface area contributed by atoms with Gasteiger partial charge in [0.2, 0.25) is 0 Å². The summed E-state index contributed by atoms with van der Waals surface area (Å²) < 4.78 is 1.53. The quantitative estimate of drug-likeness (QED) is 0.120. The molecule has 0 radical (unpaired) electrons. The number of aliphatic hydroxyl groups excluding tert-OH is 1. The van der Waals surface area contributed by atoms with E-state index in [9.17, 15) is 4.79 Å². The molecule has 4 aromatic rings. The normalized spacial score (nSPS) is 11.2. The second-order valence-electron chi connectivity index (χ2n) is 8.53. The van der Waals surface area contributed by atoms with Crippen molar-refractivity contribution in [3.63, 3.8) is 0 Å². The molecule has 0 aliphatic heterocycles. The Bertz CT molecular complexity index is 1410. The van der Waals surface area contributed by atoms with Gasteiger partial charge in [0, 0.05) is 47.6 Å². The number of aromatic amines is 1. The Labute approximate surface area is 213 Å². The summed E-state index contributed by atoms with van der Waals surface area (Å²) in [6, 6.07) is 15.5. The lowest BCUT2D eigenvalue weighted by Gasteiger charge is -2.08. The first-order chi connectivity index (χ1) is 17.4. The van der Waals surface area contributed by atoms with Gasteiger partial charge in [-0.1, -0.05) is 29.8 Å². The average Bonchev–Trinajstić information content (AvgIpc) is 3.28. The highest BCUT2D eigenvalue weighted by Gasteiger charge is 2.12. The molecule has 7 N–H and O–H groups in total. The van der Waals surface area contributed by atoms with Crippen LogP contribution in [-0.2, 0) is 13.0 Å². The van der Waals surface area contributed by atoms with Crippen LogP contribution in [0.15, 0.2) is 64.5 Å². The van der Waals surface area contributed by atoms with Crippen molar-refractivity contribution in [3.05, 3.63) is 81.4 Å². The first-order valence-electron chi connectivity index (χ1n) is 11.8. The number of nitrogens with one attached hydrogen (secondary N) is 2. The molecule has 0 amide bonds. The molecule has 4 rings (SSSR count). The van der Waals surface area contributed by atoms with Crippen molar-refractivity contribution in [2.75, 3.05) is 19.7 Å². The summed E-state index contributed by atoms with van der Waals surface area (Å²) in [6.45, 7) is 2.23. The van der Waals surface area contributed by atoms with Gasteiger partial charge in [-0.05, 0) is 67.3 Å². The van der Waals surface area contributed by atoms with Gasteiger partial charge in [-0.2, -0.15) is 4.98 Å². The van der Waals surface area contributed by atoms with Gasteiger partial charge in [0.1, 0.15) is 5.65 Å². The summed E-state index contributed by atoms with van der Waals surface area (Å²) in [4.78, 5) is 24.2. The van der Waals surface area contributed by atoms with E-state index in [0.29, 0.717) is 30.2 Å². The minimum atomic E-state index is -0.371. The van der Waals surface area contributed by atoms with E-state index < -0.39 is 0 Å². The highest BCUT2D eigenvalue weighted by Crippen LogP contribution is 2.30. The van der Waals surface area contributed by atoms with E-state index in [2.05, 4.69) is 20.3 Å². The lowest BCUT2D eigenvalue weighted by atomic mass is 10.0. The Morgan fingerprint density at radius 3 is 2.64 bits per heavy atom. The molecule has 0 spiro atoms. The number of guanidine groups is 1. The van der Waals surface area contributed by atoms with E-state index in [0.717, 1.165) is 52.8 Å². The van der Waals surface area contributed by atoms with Crippen LogP contribution in [0.1, 0.15) is 24.0 Å². The fourth-order valence-corrected chi connectivity index (χ4v) is 4.18. The van der Waals surface area contributed by atoms with E-state index in [1.165, 1.54) is 4.57 Å². The maximum absolute atomic E-state index is 12.8. The fourth-order valence-electron chi connectivity index (χ4n) is 3.96. The molecule has 2 aromatic heterocycles. The number of halogens is 1. The number of aliphatic hydroxyl groups is 1. The van der Waals surface area contributed by atoms with Gasteiger partial charge >= 0.3 is 5.69 Å². The summed E-state index contributed by atoms with van der Waals surface area (Å²) in [6.07, 6.45) is 4.06. The van der Waals surface area contributed by atoms with Crippen LogP contribution in [0.2, 0.25) is 5.02 Å². The summed E-state index contributed by atoms with van der Waals surface area (Å²) in [7, 11) is 0. The Kier molecular flexibility index (Phi) is 8.37. The Balaban J connectivity index is 1.50.